The molecule has 0 amide bonds. The topological polar surface area (TPSA) is 49.3 Å². The first-order chi connectivity index (χ1) is 9.84. The summed E-state index contributed by atoms with van der Waals surface area (Å²) in [6.45, 7) is 11.9. The van der Waals surface area contributed by atoms with Gasteiger partial charge in [-0.1, -0.05) is 27.7 Å². The number of aromatic nitrogens is 1. The average Bonchev–Trinajstić information content (AvgIpc) is 2.88. The van der Waals surface area contributed by atoms with Gasteiger partial charge in [0.1, 0.15) is 5.01 Å². The Bertz CT molecular complexity index is 445. The molecule has 0 aliphatic rings. The van der Waals surface area contributed by atoms with Crippen molar-refractivity contribution in [1.29, 1.82) is 0 Å². The summed E-state index contributed by atoms with van der Waals surface area (Å²) in [5.74, 6) is 0.852. The summed E-state index contributed by atoms with van der Waals surface area (Å²) >= 11 is 1.76. The van der Waals surface area contributed by atoms with Crippen molar-refractivity contribution in [3.8, 4) is 0 Å². The maximum Gasteiger partial charge on any atom is 0.191 e. The van der Waals surface area contributed by atoms with Gasteiger partial charge in [-0.25, -0.2) is 4.98 Å². The number of nitrogens with zero attached hydrogens (tertiary/aromatic N) is 2. The van der Waals surface area contributed by atoms with Crippen molar-refractivity contribution < 1.29 is 0 Å². The molecule has 0 bridgehead atoms. The fourth-order valence-corrected chi connectivity index (χ4v) is 2.70. The van der Waals surface area contributed by atoms with Crippen LogP contribution >= 0.6 is 11.3 Å². The van der Waals surface area contributed by atoms with Gasteiger partial charge in [0, 0.05) is 24.2 Å². The van der Waals surface area contributed by atoms with Crippen molar-refractivity contribution in [3.63, 3.8) is 0 Å². The Labute approximate surface area is 133 Å². The van der Waals surface area contributed by atoms with Crippen molar-refractivity contribution >= 4 is 17.3 Å². The summed E-state index contributed by atoms with van der Waals surface area (Å²) in [4.78, 5) is 10.0. The number of aliphatic imine (C=N–C) groups is 1. The molecule has 1 unspecified atom stereocenters. The van der Waals surface area contributed by atoms with Crippen LogP contribution in [-0.2, 0) is 13.0 Å². The predicted octanol–water partition coefficient (Wildman–Crippen LogP) is 3.59. The molecule has 1 heterocycles. The van der Waals surface area contributed by atoms with Crippen molar-refractivity contribution in [1.82, 2.24) is 15.6 Å². The van der Waals surface area contributed by atoms with Gasteiger partial charge in [-0.15, -0.1) is 11.3 Å². The molecule has 120 valence electrons. The third-order valence-corrected chi connectivity index (χ3v) is 4.43. The van der Waals surface area contributed by atoms with Gasteiger partial charge in [-0.05, 0) is 31.6 Å². The van der Waals surface area contributed by atoms with Crippen molar-refractivity contribution in [3.05, 3.63) is 16.1 Å². The molecule has 0 saturated carbocycles. The summed E-state index contributed by atoms with van der Waals surface area (Å²) in [7, 11) is 1.81. The average molecular weight is 311 g/mol. The molecule has 0 radical (unpaired) electrons. The molecule has 21 heavy (non-hydrogen) atoms. The molecule has 4 nitrogen and oxygen atoms in total. The Morgan fingerprint density at radius 3 is 2.67 bits per heavy atom. The summed E-state index contributed by atoms with van der Waals surface area (Å²) < 4.78 is 0. The highest BCUT2D eigenvalue weighted by molar-refractivity contribution is 7.11. The second kappa shape index (κ2) is 8.37. The van der Waals surface area contributed by atoms with E-state index >= 15 is 0 Å². The summed E-state index contributed by atoms with van der Waals surface area (Å²) in [6.07, 6.45) is 5.35. The van der Waals surface area contributed by atoms with Crippen molar-refractivity contribution in [2.24, 2.45) is 10.4 Å². The minimum atomic E-state index is 0.379. The Morgan fingerprint density at radius 2 is 2.14 bits per heavy atom. The third-order valence-electron chi connectivity index (χ3n) is 3.29. The van der Waals surface area contributed by atoms with E-state index in [2.05, 4.69) is 55.2 Å². The fourth-order valence-electron chi connectivity index (χ4n) is 1.90. The smallest absolute Gasteiger partial charge is 0.191 e. The minimum Gasteiger partial charge on any atom is -0.354 e. The maximum atomic E-state index is 4.41. The lowest BCUT2D eigenvalue weighted by Gasteiger charge is -2.22. The highest BCUT2D eigenvalue weighted by Crippen LogP contribution is 2.21. The van der Waals surface area contributed by atoms with E-state index in [9.17, 15) is 0 Å². The van der Waals surface area contributed by atoms with Gasteiger partial charge in [0.05, 0.1) is 6.54 Å². The second-order valence-electron chi connectivity index (χ2n) is 6.64. The van der Waals surface area contributed by atoms with Gasteiger partial charge >= 0.3 is 0 Å². The Morgan fingerprint density at radius 1 is 1.43 bits per heavy atom. The maximum absolute atomic E-state index is 4.41. The molecule has 0 saturated heterocycles. The molecular formula is C16H30N4S. The van der Waals surface area contributed by atoms with Crippen LogP contribution in [0.4, 0.5) is 0 Å². The van der Waals surface area contributed by atoms with E-state index in [0.29, 0.717) is 11.5 Å². The molecule has 2 N–H and O–H groups in total. The minimum absolute atomic E-state index is 0.379. The van der Waals surface area contributed by atoms with E-state index < -0.39 is 0 Å². The zero-order chi connectivity index (χ0) is 15.9. The van der Waals surface area contributed by atoms with Crippen LogP contribution in [0.25, 0.3) is 0 Å². The van der Waals surface area contributed by atoms with Gasteiger partial charge < -0.3 is 10.6 Å². The first kappa shape index (κ1) is 18.0. The normalized spacial score (nSPS) is 14.1. The number of guanidine groups is 1. The highest BCUT2D eigenvalue weighted by Gasteiger charge is 2.13. The van der Waals surface area contributed by atoms with Crippen LogP contribution in [-0.4, -0.2) is 24.0 Å². The van der Waals surface area contributed by atoms with E-state index in [1.807, 2.05) is 13.2 Å². The van der Waals surface area contributed by atoms with Crippen LogP contribution in [0, 0.1) is 5.41 Å². The number of hydrogen-bond acceptors (Lipinski definition) is 3. The number of aryl methyl sites for hydroxylation is 1. The lowest BCUT2D eigenvalue weighted by Crippen LogP contribution is -2.42. The molecule has 1 aromatic heterocycles. The molecular weight excluding hydrogens is 280 g/mol. The van der Waals surface area contributed by atoms with Crippen LogP contribution in [0.5, 0.6) is 0 Å². The number of thiazole rings is 1. The lowest BCUT2D eigenvalue weighted by molar-refractivity contribution is 0.346. The molecule has 1 aromatic rings. The van der Waals surface area contributed by atoms with Gasteiger partial charge in [0.25, 0.3) is 0 Å². The molecule has 0 aromatic carbocycles. The van der Waals surface area contributed by atoms with Gasteiger partial charge in [-0.2, -0.15) is 0 Å². The SMILES string of the molecule is CCc1cnc(CNC(=NC)NC(C)CCC(C)(C)C)s1. The molecule has 5 heteroatoms. The zero-order valence-electron chi connectivity index (χ0n) is 14.3. The Balaban J connectivity index is 2.38. The van der Waals surface area contributed by atoms with Gasteiger partial charge in [-0.3, -0.25) is 4.99 Å². The van der Waals surface area contributed by atoms with Crippen LogP contribution < -0.4 is 10.6 Å². The fraction of sp³-hybridized carbons (Fsp3) is 0.750. The highest BCUT2D eigenvalue weighted by atomic mass is 32.1. The summed E-state index contributed by atoms with van der Waals surface area (Å²) in [5.41, 5.74) is 0.379. The molecule has 0 aliphatic heterocycles. The van der Waals surface area contributed by atoms with E-state index in [4.69, 9.17) is 0 Å². The van der Waals surface area contributed by atoms with E-state index in [1.54, 1.807) is 11.3 Å². The van der Waals surface area contributed by atoms with Gasteiger partial charge in [0.15, 0.2) is 5.96 Å². The zero-order valence-corrected chi connectivity index (χ0v) is 15.1. The second-order valence-corrected chi connectivity index (χ2v) is 7.84. The van der Waals surface area contributed by atoms with Crippen LogP contribution in [0.15, 0.2) is 11.2 Å². The van der Waals surface area contributed by atoms with Crippen LogP contribution in [0.2, 0.25) is 0 Å². The lowest BCUT2D eigenvalue weighted by atomic mass is 9.89. The Hall–Kier alpha value is -1.10. The predicted molar refractivity (Wildman–Crippen MR) is 93.0 cm³/mol. The largest absolute Gasteiger partial charge is 0.354 e. The molecule has 0 aliphatic carbocycles. The first-order valence-electron chi connectivity index (χ1n) is 7.75. The molecule has 0 fully saturated rings. The van der Waals surface area contributed by atoms with Crippen LogP contribution in [0.3, 0.4) is 0 Å². The van der Waals surface area contributed by atoms with Crippen LogP contribution in [0.1, 0.15) is 57.3 Å². The quantitative estimate of drug-likeness (QED) is 0.623. The number of hydrogen-bond donors (Lipinski definition) is 2. The van der Waals surface area contributed by atoms with Gasteiger partial charge in [0.2, 0.25) is 0 Å². The van der Waals surface area contributed by atoms with E-state index in [-0.39, 0.29) is 0 Å². The Kier molecular flexibility index (Phi) is 7.15. The molecule has 0 spiro atoms. The van der Waals surface area contributed by atoms with Crippen molar-refractivity contribution in [2.75, 3.05) is 7.05 Å². The number of nitrogens with one attached hydrogen (secondary N) is 2. The monoisotopic (exact) mass is 310 g/mol. The van der Waals surface area contributed by atoms with Crippen molar-refractivity contribution in [2.45, 2.75) is 66.5 Å². The molecule has 1 rings (SSSR count). The standard InChI is InChI=1S/C16H30N4S/c1-7-13-10-18-14(21-13)11-19-15(17-6)20-12(2)8-9-16(3,4)5/h10,12H,7-9,11H2,1-6H3,(H2,17,19,20). The summed E-state index contributed by atoms with van der Waals surface area (Å²) in [6, 6.07) is 0.415. The summed E-state index contributed by atoms with van der Waals surface area (Å²) in [5, 5.41) is 7.89. The number of rotatable bonds is 6. The van der Waals surface area contributed by atoms with E-state index in [0.717, 1.165) is 30.4 Å². The third kappa shape index (κ3) is 7.46. The van der Waals surface area contributed by atoms with E-state index in [1.165, 1.54) is 11.3 Å². The first-order valence-corrected chi connectivity index (χ1v) is 8.56. The molecule has 1 atom stereocenters.